The summed E-state index contributed by atoms with van der Waals surface area (Å²) in [4.78, 5) is 12.3. The standard InChI is InChI=1S/C26H30O8/c1-16(27)34-24(21-17(23(24)30-4)10-8-12-19(21)28-2)14-15-25(31-5)22-18(26(25,32-6)33-7)11-9-13-20(22)29-3/h8-15,23H,1-7H3/b15-14+/t23-,24+,25?/m1/s1. The number of ether oxygens (including phenoxy) is 7. The van der Waals surface area contributed by atoms with E-state index in [-0.39, 0.29) is 0 Å². The largest absolute Gasteiger partial charge is 0.496 e. The monoisotopic (exact) mass is 470 g/mol. The summed E-state index contributed by atoms with van der Waals surface area (Å²) in [6.45, 7) is 1.36. The second-order valence-corrected chi connectivity index (χ2v) is 8.11. The van der Waals surface area contributed by atoms with Gasteiger partial charge in [-0.1, -0.05) is 24.3 Å². The molecule has 2 aromatic rings. The first-order valence-electron chi connectivity index (χ1n) is 10.8. The second-order valence-electron chi connectivity index (χ2n) is 8.11. The van der Waals surface area contributed by atoms with E-state index >= 15 is 0 Å². The lowest BCUT2D eigenvalue weighted by atomic mass is 9.64. The van der Waals surface area contributed by atoms with Crippen LogP contribution in [0.3, 0.4) is 0 Å². The summed E-state index contributed by atoms with van der Waals surface area (Å²) in [6.07, 6.45) is 3.00. The molecule has 0 bridgehead atoms. The van der Waals surface area contributed by atoms with Crippen LogP contribution in [0.4, 0.5) is 0 Å². The van der Waals surface area contributed by atoms with Gasteiger partial charge < -0.3 is 33.2 Å². The van der Waals surface area contributed by atoms with Gasteiger partial charge in [-0.05, 0) is 29.8 Å². The van der Waals surface area contributed by atoms with E-state index in [9.17, 15) is 4.79 Å². The number of hydrogen-bond donors (Lipinski definition) is 0. The number of hydrogen-bond acceptors (Lipinski definition) is 8. The van der Waals surface area contributed by atoms with Gasteiger partial charge in [-0.2, -0.15) is 0 Å². The number of carbonyl (C=O) groups excluding carboxylic acids is 1. The number of benzene rings is 2. The Balaban J connectivity index is 1.95. The minimum Gasteiger partial charge on any atom is -0.496 e. The Morgan fingerprint density at radius 1 is 0.824 bits per heavy atom. The molecule has 0 heterocycles. The second kappa shape index (κ2) is 8.70. The van der Waals surface area contributed by atoms with Crippen molar-refractivity contribution in [2.45, 2.75) is 30.0 Å². The molecule has 0 amide bonds. The molecule has 3 atom stereocenters. The summed E-state index contributed by atoms with van der Waals surface area (Å²) < 4.78 is 40.9. The molecule has 0 radical (unpaired) electrons. The van der Waals surface area contributed by atoms with Gasteiger partial charge in [0.05, 0.1) is 19.8 Å². The van der Waals surface area contributed by atoms with E-state index in [1.165, 1.54) is 6.92 Å². The molecule has 34 heavy (non-hydrogen) atoms. The van der Waals surface area contributed by atoms with Gasteiger partial charge in [-0.15, -0.1) is 0 Å². The average molecular weight is 471 g/mol. The highest BCUT2D eigenvalue weighted by molar-refractivity contribution is 5.70. The molecule has 0 fully saturated rings. The quantitative estimate of drug-likeness (QED) is 0.312. The van der Waals surface area contributed by atoms with Crippen molar-refractivity contribution in [2.75, 3.05) is 42.7 Å². The maximum absolute atomic E-state index is 12.3. The van der Waals surface area contributed by atoms with Crippen molar-refractivity contribution >= 4 is 5.97 Å². The lowest BCUT2D eigenvalue weighted by Crippen LogP contribution is -2.61. The van der Waals surface area contributed by atoms with Gasteiger partial charge in [0, 0.05) is 46.5 Å². The van der Waals surface area contributed by atoms with Crippen LogP contribution in [0, 0.1) is 0 Å². The maximum Gasteiger partial charge on any atom is 0.303 e. The molecular formula is C26H30O8. The van der Waals surface area contributed by atoms with Crippen molar-refractivity contribution in [3.63, 3.8) is 0 Å². The molecule has 0 saturated heterocycles. The third-order valence-corrected chi connectivity index (χ3v) is 6.81. The van der Waals surface area contributed by atoms with Crippen molar-refractivity contribution in [1.29, 1.82) is 0 Å². The molecule has 0 aromatic heterocycles. The number of carbonyl (C=O) groups is 1. The predicted octanol–water partition coefficient (Wildman–Crippen LogP) is 3.72. The van der Waals surface area contributed by atoms with Gasteiger partial charge >= 0.3 is 5.97 Å². The predicted molar refractivity (Wildman–Crippen MR) is 123 cm³/mol. The van der Waals surface area contributed by atoms with Gasteiger partial charge in [0.15, 0.2) is 11.2 Å². The van der Waals surface area contributed by atoms with E-state index in [4.69, 9.17) is 33.2 Å². The Morgan fingerprint density at radius 2 is 1.44 bits per heavy atom. The van der Waals surface area contributed by atoms with Crippen LogP contribution in [-0.2, 0) is 45.5 Å². The van der Waals surface area contributed by atoms with Crippen molar-refractivity contribution < 1.29 is 38.0 Å². The van der Waals surface area contributed by atoms with Gasteiger partial charge in [0.2, 0.25) is 5.79 Å². The minimum absolute atomic E-state index is 0.467. The zero-order valence-corrected chi connectivity index (χ0v) is 20.5. The van der Waals surface area contributed by atoms with Gasteiger partial charge in [-0.25, -0.2) is 0 Å². The fourth-order valence-corrected chi connectivity index (χ4v) is 5.49. The first-order chi connectivity index (χ1) is 16.4. The molecule has 2 aliphatic rings. The highest BCUT2D eigenvalue weighted by Crippen LogP contribution is 2.63. The summed E-state index contributed by atoms with van der Waals surface area (Å²) in [5.74, 6) is -0.522. The molecule has 2 aromatic carbocycles. The highest BCUT2D eigenvalue weighted by atomic mass is 16.7. The minimum atomic E-state index is -1.25. The fraction of sp³-hybridized carbons (Fsp3) is 0.423. The summed E-state index contributed by atoms with van der Waals surface area (Å²) in [7, 11) is 9.40. The van der Waals surface area contributed by atoms with Crippen LogP contribution in [0.1, 0.15) is 35.3 Å². The SMILES string of the molecule is COc1cccc2c1C(/C=C/[C@]1(OC(C)=O)c3c(OC)cccc3[C@H]1OC)(OC)C2(OC)OC. The van der Waals surface area contributed by atoms with Crippen LogP contribution in [0.15, 0.2) is 48.6 Å². The zero-order valence-electron chi connectivity index (χ0n) is 20.5. The average Bonchev–Trinajstić information content (AvgIpc) is 2.84. The van der Waals surface area contributed by atoms with Crippen LogP contribution in [0.5, 0.6) is 11.5 Å². The summed E-state index contributed by atoms with van der Waals surface area (Å²) in [6, 6.07) is 11.2. The topological polar surface area (TPSA) is 81.7 Å². The number of esters is 1. The Hall–Kier alpha value is -2.91. The van der Waals surface area contributed by atoms with E-state index in [1.807, 2.05) is 36.4 Å². The van der Waals surface area contributed by atoms with E-state index in [0.717, 1.165) is 16.7 Å². The van der Waals surface area contributed by atoms with Crippen LogP contribution >= 0.6 is 0 Å². The molecule has 1 unspecified atom stereocenters. The normalized spacial score (nSPS) is 26.1. The number of rotatable bonds is 9. The molecule has 182 valence electrons. The summed E-state index contributed by atoms with van der Waals surface area (Å²) in [5.41, 5.74) is 0.657. The molecule has 0 saturated carbocycles. The van der Waals surface area contributed by atoms with Crippen molar-refractivity contribution in [3.8, 4) is 11.5 Å². The van der Waals surface area contributed by atoms with E-state index in [2.05, 4.69) is 0 Å². The molecule has 8 nitrogen and oxygen atoms in total. The van der Waals surface area contributed by atoms with E-state index in [0.29, 0.717) is 17.1 Å². The Labute approximate surface area is 199 Å². The van der Waals surface area contributed by atoms with Crippen molar-refractivity contribution in [1.82, 2.24) is 0 Å². The zero-order chi connectivity index (χ0) is 24.7. The smallest absolute Gasteiger partial charge is 0.303 e. The van der Waals surface area contributed by atoms with Gasteiger partial charge in [0.1, 0.15) is 17.6 Å². The lowest BCUT2D eigenvalue weighted by Gasteiger charge is -2.56. The first-order valence-corrected chi connectivity index (χ1v) is 10.8. The molecule has 2 aliphatic carbocycles. The Bertz CT molecular complexity index is 1120. The number of methoxy groups -OCH3 is 6. The van der Waals surface area contributed by atoms with Gasteiger partial charge in [0.25, 0.3) is 0 Å². The third-order valence-electron chi connectivity index (χ3n) is 6.81. The van der Waals surface area contributed by atoms with Crippen LogP contribution < -0.4 is 9.47 Å². The van der Waals surface area contributed by atoms with E-state index in [1.54, 1.807) is 54.8 Å². The third kappa shape index (κ3) is 2.89. The lowest BCUT2D eigenvalue weighted by molar-refractivity contribution is -0.332. The Kier molecular flexibility index (Phi) is 6.20. The van der Waals surface area contributed by atoms with Crippen LogP contribution in [0.25, 0.3) is 0 Å². The molecular weight excluding hydrogens is 440 g/mol. The highest BCUT2D eigenvalue weighted by Gasteiger charge is 2.67. The molecule has 0 spiro atoms. The molecule has 4 rings (SSSR count). The molecule has 8 heteroatoms. The van der Waals surface area contributed by atoms with Crippen LogP contribution in [-0.4, -0.2) is 48.6 Å². The first kappa shape index (κ1) is 24.2. The van der Waals surface area contributed by atoms with Crippen molar-refractivity contribution in [2.24, 2.45) is 0 Å². The van der Waals surface area contributed by atoms with Gasteiger partial charge in [-0.3, -0.25) is 4.79 Å². The molecule has 0 aliphatic heterocycles. The maximum atomic E-state index is 12.3. The summed E-state index contributed by atoms with van der Waals surface area (Å²) in [5, 5.41) is 0. The molecule has 0 N–H and O–H groups in total. The fourth-order valence-electron chi connectivity index (χ4n) is 5.49. The van der Waals surface area contributed by atoms with E-state index < -0.39 is 29.1 Å². The number of fused-ring (bicyclic) bond motifs is 2. The van der Waals surface area contributed by atoms with Crippen molar-refractivity contribution in [3.05, 3.63) is 70.8 Å². The Morgan fingerprint density at radius 3 is 1.97 bits per heavy atom. The summed E-state index contributed by atoms with van der Waals surface area (Å²) >= 11 is 0. The van der Waals surface area contributed by atoms with Crippen LogP contribution in [0.2, 0.25) is 0 Å².